The van der Waals surface area contributed by atoms with Gasteiger partial charge in [0.1, 0.15) is 6.54 Å². The standard InChI is InChI=1S/C7H12N2O4S/c1-9(2-7(12)13)6(11)4-14-3-5(8)10/h2-4H2,1H3,(H2,8,10)(H,12,13). The largest absolute Gasteiger partial charge is 0.480 e. The molecule has 0 saturated heterocycles. The van der Waals surface area contributed by atoms with Crippen molar-refractivity contribution in [3.05, 3.63) is 0 Å². The zero-order chi connectivity index (χ0) is 11.1. The van der Waals surface area contributed by atoms with Crippen LogP contribution in [-0.2, 0) is 14.4 Å². The second-order valence-electron chi connectivity index (χ2n) is 2.60. The molecule has 2 amide bonds. The highest BCUT2D eigenvalue weighted by Crippen LogP contribution is 2.00. The van der Waals surface area contributed by atoms with E-state index in [0.29, 0.717) is 0 Å². The molecule has 0 saturated carbocycles. The number of primary amides is 1. The van der Waals surface area contributed by atoms with Gasteiger partial charge < -0.3 is 15.7 Å². The normalized spacial score (nSPS) is 9.50. The highest BCUT2D eigenvalue weighted by Gasteiger charge is 2.11. The zero-order valence-electron chi connectivity index (χ0n) is 7.73. The summed E-state index contributed by atoms with van der Waals surface area (Å²) in [6.45, 7) is -0.337. The van der Waals surface area contributed by atoms with Crippen LogP contribution in [0.15, 0.2) is 0 Å². The molecule has 0 rings (SSSR count). The molecule has 0 heterocycles. The second-order valence-corrected chi connectivity index (χ2v) is 3.59. The predicted molar refractivity (Wildman–Crippen MR) is 51.8 cm³/mol. The van der Waals surface area contributed by atoms with Crippen molar-refractivity contribution in [1.29, 1.82) is 0 Å². The molecule has 3 N–H and O–H groups in total. The molecule has 0 radical (unpaired) electrons. The molecule has 0 spiro atoms. The van der Waals surface area contributed by atoms with Crippen molar-refractivity contribution in [3.8, 4) is 0 Å². The van der Waals surface area contributed by atoms with Crippen molar-refractivity contribution in [2.45, 2.75) is 0 Å². The summed E-state index contributed by atoms with van der Waals surface area (Å²) in [6, 6.07) is 0. The third kappa shape index (κ3) is 6.30. The van der Waals surface area contributed by atoms with E-state index < -0.39 is 11.9 Å². The summed E-state index contributed by atoms with van der Waals surface area (Å²) < 4.78 is 0. The minimum atomic E-state index is -1.07. The number of rotatable bonds is 6. The van der Waals surface area contributed by atoms with E-state index in [2.05, 4.69) is 0 Å². The first kappa shape index (κ1) is 12.8. The Hall–Kier alpha value is -1.24. The van der Waals surface area contributed by atoms with Gasteiger partial charge in [0.15, 0.2) is 0 Å². The second kappa shape index (κ2) is 6.25. The van der Waals surface area contributed by atoms with Crippen molar-refractivity contribution < 1.29 is 19.5 Å². The zero-order valence-corrected chi connectivity index (χ0v) is 8.54. The molecule has 7 heteroatoms. The Morgan fingerprint density at radius 1 is 1.36 bits per heavy atom. The number of hydrogen-bond acceptors (Lipinski definition) is 4. The van der Waals surface area contributed by atoms with Crippen molar-refractivity contribution in [3.63, 3.8) is 0 Å². The fourth-order valence-electron chi connectivity index (χ4n) is 0.640. The maximum Gasteiger partial charge on any atom is 0.323 e. The van der Waals surface area contributed by atoms with Crippen molar-refractivity contribution in [2.24, 2.45) is 5.73 Å². The van der Waals surface area contributed by atoms with Crippen LogP contribution < -0.4 is 5.73 Å². The Bertz CT molecular complexity index is 244. The molecule has 80 valence electrons. The quantitative estimate of drug-likeness (QED) is 0.582. The van der Waals surface area contributed by atoms with Gasteiger partial charge in [-0.15, -0.1) is 11.8 Å². The minimum absolute atomic E-state index is 0.0622. The first-order chi connectivity index (χ1) is 6.43. The monoisotopic (exact) mass is 220 g/mol. The lowest BCUT2D eigenvalue weighted by atomic mass is 10.5. The maximum atomic E-state index is 11.1. The Kier molecular flexibility index (Phi) is 5.70. The van der Waals surface area contributed by atoms with Gasteiger partial charge in [-0.3, -0.25) is 14.4 Å². The summed E-state index contributed by atoms with van der Waals surface area (Å²) in [5, 5.41) is 8.37. The van der Waals surface area contributed by atoms with Crippen LogP contribution in [0, 0.1) is 0 Å². The third-order valence-electron chi connectivity index (χ3n) is 1.27. The van der Waals surface area contributed by atoms with Crippen LogP contribution in [0.2, 0.25) is 0 Å². The number of aliphatic carboxylic acids is 1. The summed E-state index contributed by atoms with van der Waals surface area (Å²) in [4.78, 5) is 32.8. The summed E-state index contributed by atoms with van der Waals surface area (Å²) in [5.41, 5.74) is 4.86. The fourth-order valence-corrected chi connectivity index (χ4v) is 1.34. The Morgan fingerprint density at radius 3 is 2.36 bits per heavy atom. The van der Waals surface area contributed by atoms with Crippen LogP contribution in [-0.4, -0.2) is 52.9 Å². The van der Waals surface area contributed by atoms with Gasteiger partial charge in [-0.25, -0.2) is 0 Å². The Balaban J connectivity index is 3.73. The van der Waals surface area contributed by atoms with Crippen molar-refractivity contribution in [1.82, 2.24) is 4.90 Å². The highest BCUT2D eigenvalue weighted by molar-refractivity contribution is 8.00. The lowest BCUT2D eigenvalue weighted by Crippen LogP contribution is -2.33. The van der Waals surface area contributed by atoms with Crippen molar-refractivity contribution >= 4 is 29.5 Å². The van der Waals surface area contributed by atoms with Gasteiger partial charge in [0.05, 0.1) is 11.5 Å². The predicted octanol–water partition coefficient (Wildman–Crippen LogP) is -1.25. The molecule has 0 aliphatic rings. The summed E-state index contributed by atoms with van der Waals surface area (Å²) in [6.07, 6.45) is 0. The van der Waals surface area contributed by atoms with E-state index in [1.54, 1.807) is 0 Å². The molecule has 6 nitrogen and oxygen atoms in total. The summed E-state index contributed by atoms with van der Waals surface area (Å²) in [5.74, 6) is -1.78. The molecule has 0 fully saturated rings. The van der Waals surface area contributed by atoms with Gasteiger partial charge in [0, 0.05) is 7.05 Å². The number of amides is 2. The van der Waals surface area contributed by atoms with E-state index in [1.807, 2.05) is 0 Å². The fraction of sp³-hybridized carbons (Fsp3) is 0.571. The number of nitrogens with zero attached hydrogens (tertiary/aromatic N) is 1. The topological polar surface area (TPSA) is 101 Å². The van der Waals surface area contributed by atoms with E-state index in [1.165, 1.54) is 7.05 Å². The van der Waals surface area contributed by atoms with Gasteiger partial charge in [-0.1, -0.05) is 0 Å². The average molecular weight is 220 g/mol. The molecule has 0 bridgehead atoms. The molecular formula is C7H12N2O4S. The SMILES string of the molecule is CN(CC(=O)O)C(=O)CSCC(N)=O. The van der Waals surface area contributed by atoms with Crippen LogP contribution in [0.25, 0.3) is 0 Å². The van der Waals surface area contributed by atoms with E-state index in [0.717, 1.165) is 16.7 Å². The van der Waals surface area contributed by atoms with Crippen LogP contribution in [0.4, 0.5) is 0 Å². The molecule has 0 aliphatic carbocycles. The molecule has 0 unspecified atom stereocenters. The Morgan fingerprint density at radius 2 is 1.93 bits per heavy atom. The third-order valence-corrected chi connectivity index (χ3v) is 2.21. The van der Waals surface area contributed by atoms with Crippen LogP contribution in [0.1, 0.15) is 0 Å². The van der Waals surface area contributed by atoms with Gasteiger partial charge in [0.25, 0.3) is 0 Å². The van der Waals surface area contributed by atoms with Gasteiger partial charge in [0.2, 0.25) is 11.8 Å². The Labute approximate surface area is 85.4 Å². The van der Waals surface area contributed by atoms with E-state index in [4.69, 9.17) is 10.8 Å². The molecule has 14 heavy (non-hydrogen) atoms. The number of nitrogens with two attached hydrogens (primary N) is 1. The molecule has 0 atom stereocenters. The van der Waals surface area contributed by atoms with Gasteiger partial charge in [-0.05, 0) is 0 Å². The van der Waals surface area contributed by atoms with Gasteiger partial charge >= 0.3 is 5.97 Å². The number of likely N-dealkylation sites (N-methyl/N-ethyl adjacent to an activating group) is 1. The molecular weight excluding hydrogens is 208 g/mol. The molecule has 0 aromatic heterocycles. The van der Waals surface area contributed by atoms with Crippen LogP contribution in [0.5, 0.6) is 0 Å². The number of carboxylic acids is 1. The van der Waals surface area contributed by atoms with E-state index in [9.17, 15) is 14.4 Å². The lowest BCUT2D eigenvalue weighted by molar-refractivity contribution is -0.142. The summed E-state index contributed by atoms with van der Waals surface area (Å²) >= 11 is 1.07. The summed E-state index contributed by atoms with van der Waals surface area (Å²) in [7, 11) is 1.39. The lowest BCUT2D eigenvalue weighted by Gasteiger charge is -2.13. The first-order valence-corrected chi connectivity index (χ1v) is 4.90. The molecule has 0 aromatic carbocycles. The average Bonchev–Trinajstić information content (AvgIpc) is 2.01. The van der Waals surface area contributed by atoms with Gasteiger partial charge in [-0.2, -0.15) is 0 Å². The van der Waals surface area contributed by atoms with Crippen LogP contribution in [0.3, 0.4) is 0 Å². The number of hydrogen-bond donors (Lipinski definition) is 2. The van der Waals surface area contributed by atoms with E-state index in [-0.39, 0.29) is 24.0 Å². The number of carbonyl (C=O) groups is 3. The maximum absolute atomic E-state index is 11.1. The van der Waals surface area contributed by atoms with Crippen LogP contribution >= 0.6 is 11.8 Å². The minimum Gasteiger partial charge on any atom is -0.480 e. The number of thioether (sulfide) groups is 1. The van der Waals surface area contributed by atoms with E-state index >= 15 is 0 Å². The molecule has 0 aromatic rings. The highest BCUT2D eigenvalue weighted by atomic mass is 32.2. The smallest absolute Gasteiger partial charge is 0.323 e. The van der Waals surface area contributed by atoms with Crippen molar-refractivity contribution in [2.75, 3.05) is 25.1 Å². The first-order valence-electron chi connectivity index (χ1n) is 3.75. The number of carboxylic acid groups (broad SMARTS) is 1. The number of carbonyl (C=O) groups excluding carboxylic acids is 2. The molecule has 0 aliphatic heterocycles.